The van der Waals surface area contributed by atoms with Gasteiger partial charge in [-0.1, -0.05) is 9.97 Å². The molecule has 3 heterocycles. The van der Waals surface area contributed by atoms with Gasteiger partial charge in [-0.2, -0.15) is 14.2 Å². The SMILES string of the molecule is Cn1c[n+](-c2ncnc(OON3C(C)(C)CCCC3(C)C)n2)cn1. The minimum Gasteiger partial charge on any atom is -0.265 e. The molecule has 130 valence electrons. The molecule has 0 spiro atoms. The Bertz CT molecular complexity index is 697. The molecule has 0 saturated carbocycles. The maximum atomic E-state index is 5.65. The predicted octanol–water partition coefficient (Wildman–Crippen LogP) is 1.15. The molecule has 1 aliphatic heterocycles. The molecule has 0 bridgehead atoms. The van der Waals surface area contributed by atoms with Crippen LogP contribution in [0.25, 0.3) is 5.95 Å². The summed E-state index contributed by atoms with van der Waals surface area (Å²) in [7, 11) is 1.82. The highest BCUT2D eigenvalue weighted by Gasteiger charge is 2.44. The van der Waals surface area contributed by atoms with Crippen molar-refractivity contribution in [2.45, 2.75) is 58.0 Å². The molecule has 9 nitrogen and oxygen atoms in total. The minimum atomic E-state index is -0.129. The van der Waals surface area contributed by atoms with Crippen LogP contribution in [0.4, 0.5) is 0 Å². The van der Waals surface area contributed by atoms with Crippen molar-refractivity contribution in [2.75, 3.05) is 0 Å². The first-order valence-corrected chi connectivity index (χ1v) is 8.02. The molecule has 0 aliphatic carbocycles. The normalized spacial score (nSPS) is 20.0. The van der Waals surface area contributed by atoms with E-state index in [9.17, 15) is 0 Å². The summed E-state index contributed by atoms with van der Waals surface area (Å²) in [5.41, 5.74) is -0.259. The molecule has 0 aromatic carbocycles. The maximum absolute atomic E-state index is 5.65. The lowest BCUT2D eigenvalue weighted by atomic mass is 9.82. The van der Waals surface area contributed by atoms with Crippen LogP contribution in [0.2, 0.25) is 0 Å². The van der Waals surface area contributed by atoms with Crippen LogP contribution in [0.1, 0.15) is 47.0 Å². The van der Waals surface area contributed by atoms with Gasteiger partial charge in [0, 0.05) is 11.1 Å². The number of aryl methyl sites for hydroxylation is 1. The van der Waals surface area contributed by atoms with Gasteiger partial charge < -0.3 is 0 Å². The van der Waals surface area contributed by atoms with Gasteiger partial charge in [-0.3, -0.25) is 4.89 Å². The van der Waals surface area contributed by atoms with Crippen molar-refractivity contribution in [3.05, 3.63) is 19.0 Å². The van der Waals surface area contributed by atoms with Crippen LogP contribution in [-0.4, -0.2) is 40.9 Å². The number of rotatable bonds is 4. The lowest BCUT2D eigenvalue weighted by Gasteiger charge is -2.49. The Hall–Kier alpha value is -2.13. The van der Waals surface area contributed by atoms with E-state index in [-0.39, 0.29) is 17.1 Å². The highest BCUT2D eigenvalue weighted by atomic mass is 17.3. The second-order valence-corrected chi connectivity index (χ2v) is 7.33. The van der Waals surface area contributed by atoms with E-state index in [1.54, 1.807) is 21.9 Å². The van der Waals surface area contributed by atoms with Gasteiger partial charge in [-0.25, -0.2) is 0 Å². The van der Waals surface area contributed by atoms with E-state index in [0.717, 1.165) is 19.3 Å². The topological polar surface area (TPSA) is 82.1 Å². The number of piperidine rings is 1. The zero-order chi connectivity index (χ0) is 17.4. The summed E-state index contributed by atoms with van der Waals surface area (Å²) in [6.07, 6.45) is 7.97. The van der Waals surface area contributed by atoms with Crippen molar-refractivity contribution < 1.29 is 14.4 Å². The molecule has 0 unspecified atom stereocenters. The van der Waals surface area contributed by atoms with Crippen LogP contribution < -0.4 is 9.45 Å². The standard InChI is InChI=1S/C15H24N7O2/c1-14(2)7-6-8-15(3,4)22(14)24-23-13-17-9-16-12(19-13)21-10-18-20(5)11-21/h9-11H,6-8H2,1-5H3/q+1. The summed E-state index contributed by atoms with van der Waals surface area (Å²) in [6.45, 7) is 8.56. The number of nitrogens with zero attached hydrogens (tertiary/aromatic N) is 7. The van der Waals surface area contributed by atoms with E-state index in [2.05, 4.69) is 47.7 Å². The van der Waals surface area contributed by atoms with Crippen molar-refractivity contribution in [1.29, 1.82) is 0 Å². The van der Waals surface area contributed by atoms with Gasteiger partial charge >= 0.3 is 12.0 Å². The van der Waals surface area contributed by atoms with Crippen LogP contribution >= 0.6 is 0 Å². The number of hydrogen-bond donors (Lipinski definition) is 0. The Labute approximate surface area is 141 Å². The first-order valence-electron chi connectivity index (χ1n) is 8.02. The fourth-order valence-electron chi connectivity index (χ4n) is 3.17. The Morgan fingerprint density at radius 3 is 2.46 bits per heavy atom. The molecule has 1 saturated heterocycles. The highest BCUT2D eigenvalue weighted by Crippen LogP contribution is 2.38. The minimum absolute atomic E-state index is 0.105. The Morgan fingerprint density at radius 1 is 1.12 bits per heavy atom. The molecule has 0 amide bonds. The summed E-state index contributed by atoms with van der Waals surface area (Å²) in [5, 5.41) is 5.97. The summed E-state index contributed by atoms with van der Waals surface area (Å²) < 4.78 is 3.32. The molecule has 3 rings (SSSR count). The van der Waals surface area contributed by atoms with E-state index in [4.69, 9.17) is 9.88 Å². The van der Waals surface area contributed by atoms with Crippen LogP contribution in [-0.2, 0) is 12.0 Å². The van der Waals surface area contributed by atoms with Gasteiger partial charge in [0.2, 0.25) is 6.33 Å². The molecule has 2 aromatic rings. The predicted molar refractivity (Wildman–Crippen MR) is 83.7 cm³/mol. The van der Waals surface area contributed by atoms with Crippen LogP contribution in [0.5, 0.6) is 6.01 Å². The number of aromatic nitrogens is 6. The Kier molecular flexibility index (Phi) is 4.22. The second kappa shape index (κ2) is 6.06. The average molecular weight is 334 g/mol. The quantitative estimate of drug-likeness (QED) is 0.471. The van der Waals surface area contributed by atoms with Gasteiger partial charge in [-0.05, 0) is 52.1 Å². The maximum Gasteiger partial charge on any atom is 0.404 e. The molecule has 1 aliphatic rings. The third-order valence-corrected chi connectivity index (χ3v) is 4.28. The summed E-state index contributed by atoms with van der Waals surface area (Å²) in [6, 6.07) is 0.105. The zero-order valence-electron chi connectivity index (χ0n) is 14.8. The molecule has 2 aromatic heterocycles. The van der Waals surface area contributed by atoms with Crippen LogP contribution in [0, 0.1) is 0 Å². The van der Waals surface area contributed by atoms with E-state index in [0.29, 0.717) is 5.95 Å². The fourth-order valence-corrected chi connectivity index (χ4v) is 3.17. The van der Waals surface area contributed by atoms with Gasteiger partial charge in [0.15, 0.2) is 12.7 Å². The van der Waals surface area contributed by atoms with Gasteiger partial charge in [0.25, 0.3) is 0 Å². The molecule has 0 radical (unpaired) electrons. The number of hydroxylamine groups is 2. The van der Waals surface area contributed by atoms with Gasteiger partial charge in [0.1, 0.15) is 0 Å². The summed E-state index contributed by atoms with van der Waals surface area (Å²) in [4.78, 5) is 23.4. The Balaban J connectivity index is 1.74. The molecule has 0 N–H and O–H groups in total. The monoisotopic (exact) mass is 334 g/mol. The summed E-state index contributed by atoms with van der Waals surface area (Å²) >= 11 is 0. The van der Waals surface area contributed by atoms with E-state index >= 15 is 0 Å². The third-order valence-electron chi connectivity index (χ3n) is 4.28. The van der Waals surface area contributed by atoms with E-state index in [1.165, 1.54) is 6.33 Å². The zero-order valence-corrected chi connectivity index (χ0v) is 14.8. The van der Waals surface area contributed by atoms with Crippen molar-refractivity contribution >= 4 is 0 Å². The van der Waals surface area contributed by atoms with Crippen molar-refractivity contribution in [3.8, 4) is 12.0 Å². The van der Waals surface area contributed by atoms with E-state index < -0.39 is 0 Å². The first kappa shape index (κ1) is 16.7. The van der Waals surface area contributed by atoms with Gasteiger partial charge in [-0.15, -0.1) is 10.0 Å². The molecule has 9 heteroatoms. The van der Waals surface area contributed by atoms with Crippen molar-refractivity contribution in [2.24, 2.45) is 7.05 Å². The smallest absolute Gasteiger partial charge is 0.265 e. The average Bonchev–Trinajstić information content (AvgIpc) is 2.92. The highest BCUT2D eigenvalue weighted by molar-refractivity contribution is 4.99. The van der Waals surface area contributed by atoms with Crippen molar-refractivity contribution in [1.82, 2.24) is 29.8 Å². The van der Waals surface area contributed by atoms with Crippen molar-refractivity contribution in [3.63, 3.8) is 0 Å². The Morgan fingerprint density at radius 2 is 1.83 bits per heavy atom. The van der Waals surface area contributed by atoms with Crippen LogP contribution in [0.3, 0.4) is 0 Å². The summed E-state index contributed by atoms with van der Waals surface area (Å²) in [5.74, 6) is 0.411. The largest absolute Gasteiger partial charge is 0.404 e. The molecule has 1 fully saturated rings. The van der Waals surface area contributed by atoms with E-state index in [1.807, 2.05) is 12.1 Å². The molecular formula is C15H24N7O2+. The fraction of sp³-hybridized carbons (Fsp3) is 0.667. The molecular weight excluding hydrogens is 310 g/mol. The number of hydrogen-bond acceptors (Lipinski definition) is 7. The first-order chi connectivity index (χ1) is 11.3. The third kappa shape index (κ3) is 3.36. The lowest BCUT2D eigenvalue weighted by Crippen LogP contribution is -2.58. The van der Waals surface area contributed by atoms with Crippen LogP contribution in [0.15, 0.2) is 19.0 Å². The molecule has 24 heavy (non-hydrogen) atoms. The lowest BCUT2D eigenvalue weighted by molar-refractivity contribution is -0.604. The van der Waals surface area contributed by atoms with Gasteiger partial charge in [0.05, 0.1) is 7.05 Å². The second-order valence-electron chi connectivity index (χ2n) is 7.33. The molecule has 0 atom stereocenters.